The van der Waals surface area contributed by atoms with Crippen molar-refractivity contribution in [2.45, 2.75) is 6.92 Å². The van der Waals surface area contributed by atoms with Gasteiger partial charge in [-0.15, -0.1) is 0 Å². The fraction of sp³-hybridized carbons (Fsp3) is 0.0833. The fourth-order valence-corrected chi connectivity index (χ4v) is 2.87. The zero-order valence-corrected chi connectivity index (χ0v) is 17.7. The number of pyridine rings is 1. The summed E-state index contributed by atoms with van der Waals surface area (Å²) < 4.78 is 5.59. The maximum Gasteiger partial charge on any atom is 2.00 e. The first-order valence-electron chi connectivity index (χ1n) is 8.95. The zero-order valence-electron chi connectivity index (χ0n) is 15.8. The van der Waals surface area contributed by atoms with Crippen molar-refractivity contribution >= 4 is 11.6 Å². The van der Waals surface area contributed by atoms with E-state index in [0.29, 0.717) is 23.1 Å². The van der Waals surface area contributed by atoms with E-state index in [1.165, 1.54) is 0 Å². The maximum atomic E-state index is 9.57. The van der Waals surface area contributed by atoms with E-state index in [-0.39, 0.29) is 17.1 Å². The third-order valence-corrected chi connectivity index (χ3v) is 4.30. The topological polar surface area (TPSA) is 45.9 Å². The zero-order chi connectivity index (χ0) is 19.8. The van der Waals surface area contributed by atoms with Crippen LogP contribution in [0.1, 0.15) is 18.2 Å². The molecule has 0 N–H and O–H groups in total. The van der Waals surface area contributed by atoms with E-state index in [9.17, 15) is 5.26 Å². The number of benzene rings is 1. The Labute approximate surface area is 190 Å². The van der Waals surface area contributed by atoms with Gasteiger partial charge in [-0.3, -0.25) is 0 Å². The predicted octanol–water partition coefficient (Wildman–Crippen LogP) is 5.44. The third kappa shape index (κ3) is 6.48. The number of nitrogens with zero attached hydrogens (tertiary/aromatic N) is 2. The summed E-state index contributed by atoms with van der Waals surface area (Å²) in [6.45, 7) is 2.33. The van der Waals surface area contributed by atoms with Crippen LogP contribution in [0.25, 0.3) is 11.1 Å². The van der Waals surface area contributed by atoms with Crippen LogP contribution in [-0.2, 0) is 17.1 Å². The van der Waals surface area contributed by atoms with Crippen LogP contribution in [0.3, 0.4) is 0 Å². The van der Waals surface area contributed by atoms with Crippen LogP contribution in [0, 0.1) is 75.0 Å². The van der Waals surface area contributed by atoms with E-state index < -0.39 is 0 Å². The minimum atomic E-state index is 0. The number of aromatic nitrogens is 1. The van der Waals surface area contributed by atoms with Crippen LogP contribution in [0.5, 0.6) is 5.88 Å². The van der Waals surface area contributed by atoms with Crippen molar-refractivity contribution in [3.63, 3.8) is 0 Å². The Morgan fingerprint density at radius 1 is 0.966 bits per heavy atom. The first kappa shape index (κ1) is 23.7. The number of halogens is 1. The van der Waals surface area contributed by atoms with E-state index >= 15 is 0 Å². The summed E-state index contributed by atoms with van der Waals surface area (Å²) in [7, 11) is 0. The van der Waals surface area contributed by atoms with Gasteiger partial charge in [0.05, 0.1) is 12.3 Å². The molecule has 2 aromatic rings. The average molecular weight is 443 g/mol. The molecular weight excluding hydrogens is 424 g/mol. The Hall–Kier alpha value is -1.53. The summed E-state index contributed by atoms with van der Waals surface area (Å²) in [6, 6.07) is 11.5. The first-order valence-corrected chi connectivity index (χ1v) is 9.33. The predicted molar refractivity (Wildman–Crippen MR) is 112 cm³/mol. The van der Waals surface area contributed by atoms with E-state index in [1.54, 1.807) is 12.1 Å². The van der Waals surface area contributed by atoms with Crippen molar-refractivity contribution in [2.24, 2.45) is 0 Å². The molecule has 0 bridgehead atoms. The standard InChI is InChI=1S/C19H14ClN2O.C5H5.Fe/c1-2-23-19-17(12-21)16(13-7-9-15(20)10-8-13)11-18(22-19)14-5-3-4-6-14;1-2-4-5-3-1;/h3-11H,2H2,1H3;1-5H;/q;;+2. The van der Waals surface area contributed by atoms with Crippen molar-refractivity contribution in [3.8, 4) is 23.1 Å². The Bertz CT molecular complexity index is 799. The second-order valence-electron chi connectivity index (χ2n) is 5.92. The minimum Gasteiger partial charge on any atom is -0.477 e. The SMILES string of the molecule is CCOc1nc([C]2[CH][CH][CH][CH]2)cc(-c2ccc(Cl)cc2)c1C#N.[CH]1[CH][CH][CH][CH]1.[Fe+2]. The molecule has 0 aliphatic heterocycles. The smallest absolute Gasteiger partial charge is 0.477 e. The van der Waals surface area contributed by atoms with E-state index in [2.05, 4.69) is 11.1 Å². The van der Waals surface area contributed by atoms with Crippen molar-refractivity contribution in [1.82, 2.24) is 4.98 Å². The molecule has 0 saturated heterocycles. The molecule has 29 heavy (non-hydrogen) atoms. The quantitative estimate of drug-likeness (QED) is 0.592. The van der Waals surface area contributed by atoms with Crippen molar-refractivity contribution in [1.29, 1.82) is 5.26 Å². The molecule has 144 valence electrons. The molecule has 0 spiro atoms. The van der Waals surface area contributed by atoms with E-state index in [4.69, 9.17) is 16.3 Å². The normalized spacial score (nSPS) is 15.8. The van der Waals surface area contributed by atoms with E-state index in [0.717, 1.165) is 22.7 Å². The number of hydrogen-bond donors (Lipinski definition) is 0. The molecule has 2 saturated carbocycles. The van der Waals surface area contributed by atoms with Gasteiger partial charge in [0.15, 0.2) is 0 Å². The molecule has 10 radical (unpaired) electrons. The Kier molecular flexibility index (Phi) is 10.0. The van der Waals surface area contributed by atoms with Gasteiger partial charge in [-0.2, -0.15) is 5.26 Å². The molecule has 1 aromatic carbocycles. The van der Waals surface area contributed by atoms with Crippen molar-refractivity contribution in [3.05, 3.63) is 110 Å². The molecule has 1 aromatic heterocycles. The molecule has 3 nitrogen and oxygen atoms in total. The summed E-state index contributed by atoms with van der Waals surface area (Å²) >= 11 is 5.96. The summed E-state index contributed by atoms with van der Waals surface area (Å²) in [5, 5.41) is 10.2. The van der Waals surface area contributed by atoms with Gasteiger partial charge in [0.1, 0.15) is 11.6 Å². The monoisotopic (exact) mass is 442 g/mol. The Morgan fingerprint density at radius 3 is 2.07 bits per heavy atom. The molecule has 0 amide bonds. The van der Waals surface area contributed by atoms with Gasteiger partial charge >= 0.3 is 17.1 Å². The largest absolute Gasteiger partial charge is 2.00 e. The molecule has 2 aliphatic rings. The molecule has 4 rings (SSSR count). The van der Waals surface area contributed by atoms with Crippen LogP contribution in [0.15, 0.2) is 30.3 Å². The number of rotatable bonds is 4. The summed E-state index contributed by atoms with van der Waals surface area (Å²) in [4.78, 5) is 4.51. The molecule has 0 unspecified atom stereocenters. The molecule has 1 heterocycles. The van der Waals surface area contributed by atoms with Crippen molar-refractivity contribution in [2.75, 3.05) is 6.61 Å². The second-order valence-corrected chi connectivity index (χ2v) is 6.36. The van der Waals surface area contributed by atoms with Gasteiger partial charge in [0, 0.05) is 16.5 Å². The summed E-state index contributed by atoms with van der Waals surface area (Å²) in [5.41, 5.74) is 2.91. The second kappa shape index (κ2) is 12.2. The van der Waals surface area contributed by atoms with Crippen LogP contribution >= 0.6 is 11.6 Å². The van der Waals surface area contributed by atoms with Crippen LogP contribution < -0.4 is 4.74 Å². The third-order valence-electron chi connectivity index (χ3n) is 4.05. The maximum absolute atomic E-state index is 9.57. The van der Waals surface area contributed by atoms with E-state index in [1.807, 2.05) is 82.9 Å². The van der Waals surface area contributed by atoms with Gasteiger partial charge in [0.2, 0.25) is 5.88 Å². The molecule has 5 heteroatoms. The molecular formula is C24H19ClFeN2O+2. The van der Waals surface area contributed by atoms with Gasteiger partial charge < -0.3 is 4.74 Å². The summed E-state index contributed by atoms with van der Waals surface area (Å²) in [5.74, 6) is 1.35. The van der Waals surface area contributed by atoms with Gasteiger partial charge in [-0.05, 0) is 88.5 Å². The Balaban J connectivity index is 0.000000437. The minimum absolute atomic E-state index is 0. The molecule has 2 aliphatic carbocycles. The van der Waals surface area contributed by atoms with Gasteiger partial charge in [-0.25, -0.2) is 4.98 Å². The summed E-state index contributed by atoms with van der Waals surface area (Å²) in [6.07, 6.45) is 17.9. The molecule has 2 fully saturated rings. The first-order chi connectivity index (χ1) is 13.7. The van der Waals surface area contributed by atoms with Crippen LogP contribution in [0.2, 0.25) is 5.02 Å². The average Bonchev–Trinajstić information content (AvgIpc) is 3.45. The van der Waals surface area contributed by atoms with Gasteiger partial charge in [0.25, 0.3) is 0 Å². The Morgan fingerprint density at radius 2 is 1.55 bits per heavy atom. The number of nitriles is 1. The van der Waals surface area contributed by atoms with Crippen molar-refractivity contribution < 1.29 is 21.8 Å². The number of hydrogen-bond acceptors (Lipinski definition) is 3. The van der Waals surface area contributed by atoms with Crippen LogP contribution in [0.4, 0.5) is 0 Å². The fourth-order valence-electron chi connectivity index (χ4n) is 2.74. The number of ether oxygens (including phenoxy) is 1. The van der Waals surface area contributed by atoms with Gasteiger partial charge in [-0.1, -0.05) is 23.7 Å². The molecule has 0 atom stereocenters. The van der Waals surface area contributed by atoms with Crippen LogP contribution in [-0.4, -0.2) is 11.6 Å².